The Labute approximate surface area is 199 Å². The van der Waals surface area contributed by atoms with Crippen molar-refractivity contribution in [3.63, 3.8) is 0 Å². The zero-order chi connectivity index (χ0) is 23.0. The maximum atomic E-state index is 13.5. The van der Waals surface area contributed by atoms with E-state index in [-0.39, 0.29) is 17.3 Å². The molecule has 3 rings (SSSR count). The highest BCUT2D eigenvalue weighted by atomic mass is 35.5. The summed E-state index contributed by atoms with van der Waals surface area (Å²) in [6.07, 6.45) is 5.03. The molecule has 32 heavy (non-hydrogen) atoms. The number of hydrogen-bond donors (Lipinski definition) is 1. The molecule has 1 aliphatic rings. The van der Waals surface area contributed by atoms with E-state index in [0.29, 0.717) is 34.9 Å². The van der Waals surface area contributed by atoms with Gasteiger partial charge in [0.25, 0.3) is 10.0 Å². The fourth-order valence-electron chi connectivity index (χ4n) is 3.63. The summed E-state index contributed by atoms with van der Waals surface area (Å²) in [5.74, 6) is 0.855. The standard InChI is InChI=1S/C23H29ClN2O4S2/c1-2-30-22-10-6-5-9-21(22)26(32(28,29)20-13-11-18(24)12-14-20)17-23(27)25-15-16-31-19-7-3-4-8-19/h5-6,9-14,19H,2-4,7-8,15-17H2,1H3,(H,25,27). The van der Waals surface area contributed by atoms with Crippen LogP contribution in [0.2, 0.25) is 5.02 Å². The van der Waals surface area contributed by atoms with E-state index >= 15 is 0 Å². The third-order valence-corrected chi connectivity index (χ3v) is 8.61. The van der Waals surface area contributed by atoms with Crippen LogP contribution >= 0.6 is 23.4 Å². The Hall–Kier alpha value is -1.90. The number of rotatable bonds is 11. The van der Waals surface area contributed by atoms with E-state index in [9.17, 15) is 13.2 Å². The fourth-order valence-corrected chi connectivity index (χ4v) is 6.41. The number of hydrogen-bond acceptors (Lipinski definition) is 5. The van der Waals surface area contributed by atoms with Gasteiger partial charge < -0.3 is 10.1 Å². The summed E-state index contributed by atoms with van der Waals surface area (Å²) in [7, 11) is -4.02. The van der Waals surface area contributed by atoms with Crippen molar-refractivity contribution in [3.05, 3.63) is 53.6 Å². The van der Waals surface area contributed by atoms with Gasteiger partial charge in [-0.15, -0.1) is 0 Å². The molecule has 0 spiro atoms. The highest BCUT2D eigenvalue weighted by molar-refractivity contribution is 7.99. The SMILES string of the molecule is CCOc1ccccc1N(CC(=O)NCCSC1CCCC1)S(=O)(=O)c1ccc(Cl)cc1. The molecule has 1 N–H and O–H groups in total. The lowest BCUT2D eigenvalue weighted by Gasteiger charge is -2.26. The van der Waals surface area contributed by atoms with Crippen LogP contribution in [-0.2, 0) is 14.8 Å². The van der Waals surface area contributed by atoms with Crippen molar-refractivity contribution in [1.29, 1.82) is 0 Å². The van der Waals surface area contributed by atoms with Crippen molar-refractivity contribution < 1.29 is 17.9 Å². The number of ether oxygens (including phenoxy) is 1. The first-order valence-corrected chi connectivity index (χ1v) is 13.7. The Morgan fingerprint density at radius 1 is 1.16 bits per heavy atom. The van der Waals surface area contributed by atoms with Crippen LogP contribution in [0.3, 0.4) is 0 Å². The minimum atomic E-state index is -4.02. The number of thioether (sulfide) groups is 1. The van der Waals surface area contributed by atoms with Crippen molar-refractivity contribution in [3.8, 4) is 5.75 Å². The predicted molar refractivity (Wildman–Crippen MR) is 131 cm³/mol. The molecule has 0 bridgehead atoms. The number of carbonyl (C=O) groups is 1. The summed E-state index contributed by atoms with van der Waals surface area (Å²) < 4.78 is 33.7. The number of halogens is 1. The molecule has 1 saturated carbocycles. The second kappa shape index (κ2) is 11.8. The van der Waals surface area contributed by atoms with Crippen LogP contribution in [0.5, 0.6) is 5.75 Å². The molecule has 0 saturated heterocycles. The molecule has 0 heterocycles. The maximum absolute atomic E-state index is 13.5. The van der Waals surface area contributed by atoms with E-state index in [1.165, 1.54) is 49.9 Å². The monoisotopic (exact) mass is 496 g/mol. The summed E-state index contributed by atoms with van der Waals surface area (Å²) in [6.45, 7) is 2.35. The van der Waals surface area contributed by atoms with Gasteiger partial charge in [0.15, 0.2) is 0 Å². The normalized spacial score (nSPS) is 14.3. The molecule has 6 nitrogen and oxygen atoms in total. The Morgan fingerprint density at radius 2 is 1.84 bits per heavy atom. The summed E-state index contributed by atoms with van der Waals surface area (Å²) in [4.78, 5) is 12.8. The number of sulfonamides is 1. The van der Waals surface area contributed by atoms with Crippen LogP contribution in [0.15, 0.2) is 53.4 Å². The van der Waals surface area contributed by atoms with Crippen molar-refractivity contribution in [2.45, 2.75) is 42.8 Å². The van der Waals surface area contributed by atoms with Gasteiger partial charge in [0.05, 0.1) is 17.2 Å². The van der Waals surface area contributed by atoms with Gasteiger partial charge in [-0.1, -0.05) is 36.6 Å². The van der Waals surface area contributed by atoms with Crippen LogP contribution in [0.25, 0.3) is 0 Å². The molecule has 9 heteroatoms. The number of para-hydroxylation sites is 2. The van der Waals surface area contributed by atoms with E-state index in [1.807, 2.05) is 18.7 Å². The minimum Gasteiger partial charge on any atom is -0.492 e. The van der Waals surface area contributed by atoms with Gasteiger partial charge in [0.2, 0.25) is 5.91 Å². The van der Waals surface area contributed by atoms with E-state index in [0.717, 1.165) is 10.1 Å². The molecule has 2 aromatic carbocycles. The average molecular weight is 497 g/mol. The molecule has 174 valence electrons. The zero-order valence-corrected chi connectivity index (χ0v) is 20.5. The topological polar surface area (TPSA) is 75.7 Å². The molecule has 0 aliphatic heterocycles. The molecule has 1 fully saturated rings. The molecule has 0 atom stereocenters. The number of benzene rings is 2. The maximum Gasteiger partial charge on any atom is 0.264 e. The van der Waals surface area contributed by atoms with Gasteiger partial charge in [-0.25, -0.2) is 8.42 Å². The number of nitrogens with zero attached hydrogens (tertiary/aromatic N) is 1. The van der Waals surface area contributed by atoms with Gasteiger partial charge in [0, 0.05) is 22.6 Å². The number of carbonyl (C=O) groups excluding carboxylic acids is 1. The molecule has 2 aromatic rings. The second-order valence-electron chi connectivity index (χ2n) is 7.49. The lowest BCUT2D eigenvalue weighted by molar-refractivity contribution is -0.119. The smallest absolute Gasteiger partial charge is 0.264 e. The first kappa shape index (κ1) is 24.7. The van der Waals surface area contributed by atoms with Crippen molar-refractivity contribution in [2.24, 2.45) is 0 Å². The molecular formula is C23H29ClN2O4S2. The number of amides is 1. The first-order chi connectivity index (χ1) is 15.4. The first-order valence-electron chi connectivity index (χ1n) is 10.8. The average Bonchev–Trinajstić information content (AvgIpc) is 3.30. The highest BCUT2D eigenvalue weighted by Crippen LogP contribution is 2.33. The summed E-state index contributed by atoms with van der Waals surface area (Å²) in [5.41, 5.74) is 0.319. The second-order valence-corrected chi connectivity index (χ2v) is 11.2. The van der Waals surface area contributed by atoms with Gasteiger partial charge in [-0.2, -0.15) is 11.8 Å². The van der Waals surface area contributed by atoms with E-state index in [2.05, 4.69) is 5.32 Å². The Balaban J connectivity index is 1.77. The molecule has 0 unspecified atom stereocenters. The molecule has 1 aliphatic carbocycles. The van der Waals surface area contributed by atoms with Crippen LogP contribution in [0.1, 0.15) is 32.6 Å². The van der Waals surface area contributed by atoms with Gasteiger partial charge in [-0.05, 0) is 56.2 Å². The third kappa shape index (κ3) is 6.56. The quantitative estimate of drug-likeness (QED) is 0.455. The Kier molecular flexibility index (Phi) is 9.13. The van der Waals surface area contributed by atoms with Crippen LogP contribution < -0.4 is 14.4 Å². The zero-order valence-electron chi connectivity index (χ0n) is 18.1. The summed E-state index contributed by atoms with van der Waals surface area (Å²) in [5, 5.41) is 3.97. The van der Waals surface area contributed by atoms with Crippen molar-refractivity contribution in [2.75, 3.05) is 29.8 Å². The van der Waals surface area contributed by atoms with Crippen LogP contribution in [-0.4, -0.2) is 45.0 Å². The summed E-state index contributed by atoms with van der Waals surface area (Å²) in [6, 6.07) is 12.7. The predicted octanol–water partition coefficient (Wildman–Crippen LogP) is 4.73. The lowest BCUT2D eigenvalue weighted by Crippen LogP contribution is -2.41. The van der Waals surface area contributed by atoms with E-state index in [4.69, 9.17) is 16.3 Å². The van der Waals surface area contributed by atoms with Gasteiger partial charge in [-0.3, -0.25) is 9.10 Å². The van der Waals surface area contributed by atoms with Gasteiger partial charge >= 0.3 is 0 Å². The van der Waals surface area contributed by atoms with Gasteiger partial charge in [0.1, 0.15) is 12.3 Å². The third-order valence-electron chi connectivity index (χ3n) is 5.20. The van der Waals surface area contributed by atoms with E-state index < -0.39 is 10.0 Å². The molecule has 1 amide bonds. The van der Waals surface area contributed by atoms with Crippen molar-refractivity contribution >= 4 is 45.0 Å². The van der Waals surface area contributed by atoms with Crippen LogP contribution in [0.4, 0.5) is 5.69 Å². The largest absolute Gasteiger partial charge is 0.492 e. The summed E-state index contributed by atoms with van der Waals surface area (Å²) >= 11 is 7.81. The molecule has 0 aromatic heterocycles. The van der Waals surface area contributed by atoms with Crippen LogP contribution in [0, 0.1) is 0 Å². The highest BCUT2D eigenvalue weighted by Gasteiger charge is 2.29. The lowest BCUT2D eigenvalue weighted by atomic mass is 10.3. The van der Waals surface area contributed by atoms with Crippen molar-refractivity contribution in [1.82, 2.24) is 5.32 Å². The molecular weight excluding hydrogens is 468 g/mol. The Morgan fingerprint density at radius 3 is 2.53 bits per heavy atom. The number of nitrogens with one attached hydrogen (secondary N) is 1. The molecule has 0 radical (unpaired) electrons. The number of anilines is 1. The fraction of sp³-hybridized carbons (Fsp3) is 0.435. The minimum absolute atomic E-state index is 0.0535. The Bertz CT molecular complexity index is 993. The van der Waals surface area contributed by atoms with E-state index in [1.54, 1.807) is 24.3 Å².